The normalized spacial score (nSPS) is 15.4. The number of H-pyrrole nitrogens is 1. The lowest BCUT2D eigenvalue weighted by Gasteiger charge is -2.16. The van der Waals surface area contributed by atoms with E-state index in [1.165, 1.54) is 24.3 Å². The molecule has 228 valence electrons. The molecule has 7 nitrogen and oxygen atoms in total. The third kappa shape index (κ3) is 6.61. The summed E-state index contributed by atoms with van der Waals surface area (Å²) in [7, 11) is 0. The number of hydrogen-bond donors (Lipinski definition) is 3. The van der Waals surface area contributed by atoms with Crippen molar-refractivity contribution < 1.29 is 54.9 Å². The predicted molar refractivity (Wildman–Crippen MR) is 137 cm³/mol. The lowest BCUT2D eigenvalue weighted by Crippen LogP contribution is -2.21. The molecule has 5 rings (SSSR count). The number of rotatable bonds is 5. The first-order valence-corrected chi connectivity index (χ1v) is 12.4. The van der Waals surface area contributed by atoms with Gasteiger partial charge in [-0.05, 0) is 48.2 Å². The van der Waals surface area contributed by atoms with Gasteiger partial charge in [0.25, 0.3) is 0 Å². The van der Waals surface area contributed by atoms with E-state index < -0.39 is 58.7 Å². The molecule has 1 aliphatic rings. The van der Waals surface area contributed by atoms with Crippen molar-refractivity contribution in [2.45, 2.75) is 32.2 Å². The van der Waals surface area contributed by atoms with E-state index in [9.17, 15) is 27.5 Å². The predicted octanol–water partition coefficient (Wildman–Crippen LogP) is 6.64. The number of likely N-dealkylation sites (tertiary alicyclic amines) is 1. The molecule has 3 N–H and O–H groups in total. The monoisotopic (exact) mass is 615 g/mol. The van der Waals surface area contributed by atoms with Crippen LogP contribution in [0.5, 0.6) is 0 Å². The molecule has 1 aliphatic heterocycles. The van der Waals surface area contributed by atoms with Crippen molar-refractivity contribution in [2.75, 3.05) is 13.1 Å². The van der Waals surface area contributed by atoms with Crippen LogP contribution < -0.4 is 0 Å². The number of hydrogen-bond acceptors (Lipinski definition) is 4. The van der Waals surface area contributed by atoms with Crippen molar-refractivity contribution in [1.29, 1.82) is 0 Å². The van der Waals surface area contributed by atoms with E-state index >= 15 is 17.6 Å². The lowest BCUT2D eigenvalue weighted by molar-refractivity contribution is -0.192. The maximum absolute atomic E-state index is 15.3. The molecule has 0 spiro atoms. The van der Waals surface area contributed by atoms with Crippen molar-refractivity contribution in [3.63, 3.8) is 0 Å². The number of benzene rings is 3. The zero-order valence-electron chi connectivity index (χ0n) is 22.0. The van der Waals surface area contributed by atoms with E-state index in [1.54, 1.807) is 13.0 Å². The zero-order valence-corrected chi connectivity index (χ0v) is 22.0. The number of nitrogens with zero attached hydrogens (tertiary/aromatic N) is 2. The molecule has 0 radical (unpaired) electrons. The van der Waals surface area contributed by atoms with E-state index in [-0.39, 0.29) is 34.3 Å². The first kappa shape index (κ1) is 31.4. The highest BCUT2D eigenvalue weighted by atomic mass is 19.4. The Labute approximate surface area is 237 Å². The van der Waals surface area contributed by atoms with E-state index in [4.69, 9.17) is 9.90 Å². The maximum atomic E-state index is 15.3. The average Bonchev–Trinajstić information content (AvgIpc) is 3.51. The summed E-state index contributed by atoms with van der Waals surface area (Å²) in [6.07, 6.45) is -5.63. The standard InChI is InChI=1S/C26H20F5N3O2.C2HF3O2/c1-12-32-18-9-15(8-17(26(35)36)25(18)33-12)20-23(30)21(28)19(22(29)24(20)31)14-4-2-3-13(7-14)10-34-6-5-16(27)11-34;3-2(4,5)1(6)7/h2-4,7-9,16H,5-6,10-11H2,1H3,(H,32,33)(H,35,36);(H,6,7). The number of aromatic nitrogens is 2. The minimum atomic E-state index is -5.08. The van der Waals surface area contributed by atoms with Crippen molar-refractivity contribution in [1.82, 2.24) is 14.9 Å². The third-order valence-corrected chi connectivity index (χ3v) is 6.57. The van der Waals surface area contributed by atoms with E-state index in [2.05, 4.69) is 9.97 Å². The second-order valence-electron chi connectivity index (χ2n) is 9.68. The molecule has 15 heteroatoms. The van der Waals surface area contributed by atoms with Crippen molar-refractivity contribution in [3.8, 4) is 22.3 Å². The number of alkyl halides is 4. The van der Waals surface area contributed by atoms with Gasteiger partial charge in [0.1, 0.15) is 17.5 Å². The van der Waals surface area contributed by atoms with Crippen LogP contribution in [0, 0.1) is 30.2 Å². The number of fused-ring (bicyclic) bond motifs is 1. The fraction of sp³-hybridized carbons (Fsp3) is 0.250. The number of carboxylic acid groups (broad SMARTS) is 2. The summed E-state index contributed by atoms with van der Waals surface area (Å²) in [6, 6.07) is 8.04. The van der Waals surface area contributed by atoms with Crippen LogP contribution in [0.25, 0.3) is 33.3 Å². The van der Waals surface area contributed by atoms with Crippen LogP contribution in [0.3, 0.4) is 0 Å². The van der Waals surface area contributed by atoms with Crippen LogP contribution in [-0.4, -0.2) is 62.5 Å². The number of imidazole rings is 1. The molecule has 1 fully saturated rings. The number of nitrogens with one attached hydrogen (secondary N) is 1. The number of aryl methyl sites for hydroxylation is 1. The molecular formula is C28H21F8N3O4. The van der Waals surface area contributed by atoms with E-state index in [0.717, 1.165) is 6.07 Å². The number of aromatic amines is 1. The van der Waals surface area contributed by atoms with Gasteiger partial charge in [0.15, 0.2) is 23.3 Å². The molecule has 0 bridgehead atoms. The fourth-order valence-electron chi connectivity index (χ4n) is 4.70. The Hall–Kier alpha value is -4.53. The van der Waals surface area contributed by atoms with Crippen LogP contribution in [0.15, 0.2) is 36.4 Å². The average molecular weight is 615 g/mol. The second-order valence-corrected chi connectivity index (χ2v) is 9.68. The number of carboxylic acids is 2. The SMILES string of the molecule is Cc1nc2c(C(=O)O)cc(-c3c(F)c(F)c(-c4cccc(CN5CCC(F)C5)c4)c(F)c3F)cc2[nH]1.O=C(O)C(F)(F)F. The van der Waals surface area contributed by atoms with Gasteiger partial charge < -0.3 is 15.2 Å². The van der Waals surface area contributed by atoms with E-state index in [1.807, 2.05) is 4.90 Å². The third-order valence-electron chi connectivity index (χ3n) is 6.57. The van der Waals surface area contributed by atoms with Crippen LogP contribution >= 0.6 is 0 Å². The van der Waals surface area contributed by atoms with Gasteiger partial charge in [-0.15, -0.1) is 0 Å². The molecule has 3 aromatic carbocycles. The molecule has 1 saturated heterocycles. The molecule has 4 aromatic rings. The summed E-state index contributed by atoms with van der Waals surface area (Å²) in [5.41, 5.74) is -1.89. The lowest BCUT2D eigenvalue weighted by atomic mass is 9.95. The molecule has 1 atom stereocenters. The Kier molecular flexibility index (Phi) is 8.76. The Morgan fingerprint density at radius 3 is 2.07 bits per heavy atom. The summed E-state index contributed by atoms with van der Waals surface area (Å²) in [5.74, 6) is -10.3. The smallest absolute Gasteiger partial charge is 0.478 e. The molecule has 1 aromatic heterocycles. The van der Waals surface area contributed by atoms with Crippen molar-refractivity contribution in [2.24, 2.45) is 0 Å². The number of carbonyl (C=O) groups is 2. The first-order valence-electron chi connectivity index (χ1n) is 12.4. The van der Waals surface area contributed by atoms with Crippen molar-refractivity contribution >= 4 is 23.0 Å². The largest absolute Gasteiger partial charge is 0.490 e. The minimum Gasteiger partial charge on any atom is -0.478 e. The summed E-state index contributed by atoms with van der Waals surface area (Å²) in [6.45, 7) is 2.66. The van der Waals surface area contributed by atoms with E-state index in [0.29, 0.717) is 30.9 Å². The Balaban J connectivity index is 0.000000541. The first-order chi connectivity index (χ1) is 20.1. The molecule has 43 heavy (non-hydrogen) atoms. The summed E-state index contributed by atoms with van der Waals surface area (Å²) >= 11 is 0. The second kappa shape index (κ2) is 12.0. The zero-order chi connectivity index (χ0) is 31.8. The Bertz CT molecular complexity index is 1690. The van der Waals surface area contributed by atoms with Gasteiger partial charge >= 0.3 is 18.1 Å². The topological polar surface area (TPSA) is 107 Å². The van der Waals surface area contributed by atoms with Gasteiger partial charge in [-0.25, -0.2) is 36.5 Å². The minimum absolute atomic E-state index is 0.0519. The number of aromatic carboxylic acids is 1. The molecular weight excluding hydrogens is 594 g/mol. The highest BCUT2D eigenvalue weighted by Gasteiger charge is 2.38. The fourth-order valence-corrected chi connectivity index (χ4v) is 4.70. The van der Waals surface area contributed by atoms with Gasteiger partial charge in [-0.1, -0.05) is 18.2 Å². The van der Waals surface area contributed by atoms with Crippen molar-refractivity contribution in [3.05, 3.63) is 76.6 Å². The summed E-state index contributed by atoms with van der Waals surface area (Å²) in [4.78, 5) is 29.3. The van der Waals surface area contributed by atoms with Crippen LogP contribution in [0.4, 0.5) is 35.1 Å². The summed E-state index contributed by atoms with van der Waals surface area (Å²) in [5, 5.41) is 16.7. The summed E-state index contributed by atoms with van der Waals surface area (Å²) < 4.78 is 106. The van der Waals surface area contributed by atoms with Crippen LogP contribution in [0.1, 0.15) is 28.2 Å². The van der Waals surface area contributed by atoms with Gasteiger partial charge in [-0.3, -0.25) is 4.90 Å². The highest BCUT2D eigenvalue weighted by molar-refractivity contribution is 6.03. The molecule has 1 unspecified atom stereocenters. The van der Waals surface area contributed by atoms with Gasteiger partial charge in [0.05, 0.1) is 22.2 Å². The molecule has 0 saturated carbocycles. The van der Waals surface area contributed by atoms with Crippen LogP contribution in [-0.2, 0) is 11.3 Å². The van der Waals surface area contributed by atoms with Gasteiger partial charge in [0.2, 0.25) is 0 Å². The van der Waals surface area contributed by atoms with Gasteiger partial charge in [-0.2, -0.15) is 13.2 Å². The Morgan fingerprint density at radius 1 is 0.977 bits per heavy atom. The van der Waals surface area contributed by atoms with Gasteiger partial charge in [0, 0.05) is 19.6 Å². The molecule has 0 amide bonds. The van der Waals surface area contributed by atoms with Crippen LogP contribution in [0.2, 0.25) is 0 Å². The number of aliphatic carboxylic acids is 1. The maximum Gasteiger partial charge on any atom is 0.490 e. The Morgan fingerprint density at radius 2 is 1.56 bits per heavy atom. The number of halogens is 8. The molecule has 0 aliphatic carbocycles. The highest BCUT2D eigenvalue weighted by Crippen LogP contribution is 2.38. The molecule has 2 heterocycles. The quantitative estimate of drug-likeness (QED) is 0.172.